The SMILES string of the molecule is Cc1ccc(S(=O)(=O)OC[C@H]2C=Cc3cc(F)cc(-c4cc(Cl)ccc4Cl)c3O2)cc1. The third kappa shape index (κ3) is 4.77. The molecule has 0 unspecified atom stereocenters. The molecule has 4 rings (SSSR count). The standard InChI is InChI=1S/C23H17Cl2FO4S/c1-14-2-7-19(8-3-14)31(27,28)29-13-18-6-4-15-10-17(26)12-21(23(15)30-18)20-11-16(24)5-9-22(20)25/h2-12,18H,13H2,1H3/t18-/m1/s1. The predicted octanol–water partition coefficient (Wildman–Crippen LogP) is 6.29. The van der Waals surface area contributed by atoms with E-state index in [0.717, 1.165) is 5.56 Å². The molecule has 160 valence electrons. The van der Waals surface area contributed by atoms with Gasteiger partial charge in [-0.2, -0.15) is 8.42 Å². The monoisotopic (exact) mass is 478 g/mol. The largest absolute Gasteiger partial charge is 0.483 e. The summed E-state index contributed by atoms with van der Waals surface area (Å²) in [5.41, 5.74) is 2.36. The number of hydrogen-bond donors (Lipinski definition) is 0. The molecule has 0 saturated heterocycles. The molecule has 0 spiro atoms. The maximum atomic E-state index is 14.2. The van der Waals surface area contributed by atoms with E-state index in [0.29, 0.717) is 32.5 Å². The lowest BCUT2D eigenvalue weighted by molar-refractivity contribution is 0.166. The molecule has 0 bridgehead atoms. The van der Waals surface area contributed by atoms with E-state index in [-0.39, 0.29) is 11.5 Å². The Balaban J connectivity index is 1.60. The number of rotatable bonds is 5. The molecule has 1 atom stereocenters. The summed E-state index contributed by atoms with van der Waals surface area (Å²) in [5, 5.41) is 0.818. The first-order chi connectivity index (χ1) is 14.7. The van der Waals surface area contributed by atoms with Gasteiger partial charge in [0.1, 0.15) is 24.3 Å². The zero-order valence-electron chi connectivity index (χ0n) is 16.3. The number of fused-ring (bicyclic) bond motifs is 1. The normalized spacial score (nSPS) is 15.4. The van der Waals surface area contributed by atoms with Gasteiger partial charge in [-0.1, -0.05) is 47.0 Å². The van der Waals surface area contributed by atoms with Crippen LogP contribution in [-0.2, 0) is 14.3 Å². The van der Waals surface area contributed by atoms with Gasteiger partial charge in [0.05, 0.1) is 4.90 Å². The van der Waals surface area contributed by atoms with Crippen molar-refractivity contribution in [1.29, 1.82) is 0 Å². The van der Waals surface area contributed by atoms with Crippen molar-refractivity contribution in [3.63, 3.8) is 0 Å². The van der Waals surface area contributed by atoms with Crippen LogP contribution in [-0.4, -0.2) is 21.1 Å². The summed E-state index contributed by atoms with van der Waals surface area (Å²) >= 11 is 12.4. The summed E-state index contributed by atoms with van der Waals surface area (Å²) in [6.45, 7) is 1.62. The van der Waals surface area contributed by atoms with Crippen LogP contribution >= 0.6 is 23.2 Å². The molecule has 31 heavy (non-hydrogen) atoms. The van der Waals surface area contributed by atoms with Crippen molar-refractivity contribution in [2.75, 3.05) is 6.61 Å². The summed E-state index contributed by atoms with van der Waals surface area (Å²) in [4.78, 5) is 0.0618. The smallest absolute Gasteiger partial charge is 0.297 e. The fourth-order valence-electron chi connectivity index (χ4n) is 3.19. The molecular formula is C23H17Cl2FO4S. The number of aryl methyl sites for hydroxylation is 1. The second kappa shape index (κ2) is 8.63. The minimum atomic E-state index is -3.95. The molecule has 0 aromatic heterocycles. The van der Waals surface area contributed by atoms with Crippen LogP contribution in [0.25, 0.3) is 17.2 Å². The van der Waals surface area contributed by atoms with Gasteiger partial charge in [0, 0.05) is 26.7 Å². The minimum absolute atomic E-state index is 0.0618. The number of hydrogen-bond acceptors (Lipinski definition) is 4. The van der Waals surface area contributed by atoms with Crippen molar-refractivity contribution < 1.29 is 21.7 Å². The Morgan fingerprint density at radius 2 is 1.77 bits per heavy atom. The maximum absolute atomic E-state index is 14.2. The second-order valence-electron chi connectivity index (χ2n) is 7.06. The number of halogens is 3. The topological polar surface area (TPSA) is 52.6 Å². The first kappa shape index (κ1) is 21.8. The first-order valence-electron chi connectivity index (χ1n) is 9.33. The average molecular weight is 479 g/mol. The summed E-state index contributed by atoms with van der Waals surface area (Å²) in [7, 11) is -3.95. The lowest BCUT2D eigenvalue weighted by Crippen LogP contribution is -2.25. The Morgan fingerprint density at radius 3 is 2.52 bits per heavy atom. The van der Waals surface area contributed by atoms with E-state index in [4.69, 9.17) is 32.1 Å². The van der Waals surface area contributed by atoms with E-state index in [9.17, 15) is 12.8 Å². The number of ether oxygens (including phenoxy) is 1. The molecule has 0 radical (unpaired) electrons. The van der Waals surface area contributed by atoms with Crippen LogP contribution in [0.3, 0.4) is 0 Å². The second-order valence-corrected chi connectivity index (χ2v) is 9.52. The van der Waals surface area contributed by atoms with Gasteiger partial charge in [0.25, 0.3) is 10.1 Å². The van der Waals surface area contributed by atoms with Crippen molar-refractivity contribution in [3.8, 4) is 16.9 Å². The first-order valence-corrected chi connectivity index (χ1v) is 11.5. The van der Waals surface area contributed by atoms with Crippen LogP contribution in [0, 0.1) is 12.7 Å². The molecule has 3 aromatic carbocycles. The molecule has 0 saturated carbocycles. The quantitative estimate of drug-likeness (QED) is 0.404. The van der Waals surface area contributed by atoms with E-state index in [2.05, 4.69) is 0 Å². The van der Waals surface area contributed by atoms with Gasteiger partial charge < -0.3 is 4.74 Å². The molecule has 0 aliphatic carbocycles. The molecule has 1 aliphatic heterocycles. The summed E-state index contributed by atoms with van der Waals surface area (Å²) in [6.07, 6.45) is 2.58. The fraction of sp³-hybridized carbons (Fsp3) is 0.130. The van der Waals surface area contributed by atoms with Gasteiger partial charge in [0.15, 0.2) is 0 Å². The molecule has 4 nitrogen and oxygen atoms in total. The van der Waals surface area contributed by atoms with Crippen molar-refractivity contribution in [3.05, 3.63) is 87.7 Å². The predicted molar refractivity (Wildman–Crippen MR) is 120 cm³/mol. The van der Waals surface area contributed by atoms with Crippen LogP contribution in [0.5, 0.6) is 5.75 Å². The Labute approximate surface area is 190 Å². The van der Waals surface area contributed by atoms with Crippen molar-refractivity contribution in [2.45, 2.75) is 17.9 Å². The van der Waals surface area contributed by atoms with Gasteiger partial charge in [-0.05, 0) is 55.5 Å². The van der Waals surface area contributed by atoms with Crippen LogP contribution < -0.4 is 4.74 Å². The van der Waals surface area contributed by atoms with E-state index in [1.807, 2.05) is 6.92 Å². The third-order valence-electron chi connectivity index (χ3n) is 4.76. The summed E-state index contributed by atoms with van der Waals surface area (Å²) in [6, 6.07) is 13.9. The third-order valence-corrected chi connectivity index (χ3v) is 6.62. The van der Waals surface area contributed by atoms with Gasteiger partial charge in [0.2, 0.25) is 0 Å². The lowest BCUT2D eigenvalue weighted by Gasteiger charge is -2.24. The van der Waals surface area contributed by atoms with Crippen LogP contribution in [0.1, 0.15) is 11.1 Å². The zero-order valence-corrected chi connectivity index (χ0v) is 18.6. The van der Waals surface area contributed by atoms with Gasteiger partial charge in [-0.15, -0.1) is 0 Å². The van der Waals surface area contributed by atoms with Crippen LogP contribution in [0.15, 0.2) is 65.6 Å². The Kier molecular flexibility index (Phi) is 6.08. The zero-order chi connectivity index (χ0) is 22.2. The number of benzene rings is 3. The van der Waals surface area contributed by atoms with Crippen LogP contribution in [0.2, 0.25) is 10.0 Å². The molecular weight excluding hydrogens is 462 g/mol. The van der Waals surface area contributed by atoms with Crippen molar-refractivity contribution >= 4 is 39.4 Å². The Morgan fingerprint density at radius 1 is 1.03 bits per heavy atom. The molecule has 1 aliphatic rings. The van der Waals surface area contributed by atoms with E-state index < -0.39 is 22.0 Å². The summed E-state index contributed by atoms with van der Waals surface area (Å²) in [5.74, 6) is -0.0934. The minimum Gasteiger partial charge on any atom is -0.483 e. The molecule has 3 aromatic rings. The van der Waals surface area contributed by atoms with E-state index >= 15 is 0 Å². The Bertz CT molecular complexity index is 1270. The van der Waals surface area contributed by atoms with Gasteiger partial charge >= 0.3 is 0 Å². The Hall–Kier alpha value is -2.38. The highest BCUT2D eigenvalue weighted by Crippen LogP contribution is 2.41. The highest BCUT2D eigenvalue weighted by Gasteiger charge is 2.24. The maximum Gasteiger partial charge on any atom is 0.297 e. The van der Waals surface area contributed by atoms with E-state index in [1.54, 1.807) is 42.5 Å². The molecule has 0 amide bonds. The van der Waals surface area contributed by atoms with Gasteiger partial charge in [-0.3, -0.25) is 4.18 Å². The molecule has 0 N–H and O–H groups in total. The lowest BCUT2D eigenvalue weighted by atomic mass is 9.99. The average Bonchev–Trinajstić information content (AvgIpc) is 2.74. The van der Waals surface area contributed by atoms with Crippen molar-refractivity contribution in [2.24, 2.45) is 0 Å². The fourth-order valence-corrected chi connectivity index (χ4v) is 4.51. The molecule has 8 heteroatoms. The highest BCUT2D eigenvalue weighted by molar-refractivity contribution is 7.86. The molecule has 1 heterocycles. The summed E-state index contributed by atoms with van der Waals surface area (Å²) < 4.78 is 50.3. The van der Waals surface area contributed by atoms with E-state index in [1.165, 1.54) is 24.3 Å². The van der Waals surface area contributed by atoms with Crippen LogP contribution in [0.4, 0.5) is 4.39 Å². The molecule has 0 fully saturated rings. The van der Waals surface area contributed by atoms with Gasteiger partial charge in [-0.25, -0.2) is 4.39 Å². The highest BCUT2D eigenvalue weighted by atomic mass is 35.5. The van der Waals surface area contributed by atoms with Crippen molar-refractivity contribution in [1.82, 2.24) is 0 Å².